The number of hydrogen-bond donors (Lipinski definition) is 1. The van der Waals surface area contributed by atoms with Crippen molar-refractivity contribution in [1.29, 1.82) is 0 Å². The minimum absolute atomic E-state index is 0.284. The summed E-state index contributed by atoms with van der Waals surface area (Å²) in [6, 6.07) is 3.50. The number of ether oxygens (including phenoxy) is 1. The molecule has 2 aromatic rings. The number of nitrogens with zero attached hydrogens (tertiary/aromatic N) is 3. The van der Waals surface area contributed by atoms with E-state index >= 15 is 0 Å². The number of furan rings is 1. The van der Waals surface area contributed by atoms with Crippen LogP contribution in [0.1, 0.15) is 12.8 Å². The fraction of sp³-hybridized carbons (Fsp3) is 0.462. The van der Waals surface area contributed by atoms with Crippen LogP contribution in [-0.2, 0) is 16.1 Å². The predicted molar refractivity (Wildman–Crippen MR) is 69.3 cm³/mol. The van der Waals surface area contributed by atoms with E-state index in [1.165, 1.54) is 0 Å². The van der Waals surface area contributed by atoms with Crippen LogP contribution in [0.3, 0.4) is 0 Å². The Bertz CT molecular complexity index is 616. The first-order valence-corrected chi connectivity index (χ1v) is 6.48. The Morgan fingerprint density at radius 2 is 2.33 bits per heavy atom. The number of hydrogen-bond acceptors (Lipinski definition) is 7. The molecule has 1 fully saturated rings. The lowest BCUT2D eigenvalue weighted by atomic mass is 9.96. The molecule has 0 aliphatic carbocycles. The summed E-state index contributed by atoms with van der Waals surface area (Å²) < 4.78 is 16.0. The Balaban J connectivity index is 1.52. The molecule has 0 unspecified atom stereocenters. The van der Waals surface area contributed by atoms with Crippen LogP contribution in [0.5, 0.6) is 0 Å². The van der Waals surface area contributed by atoms with Gasteiger partial charge in [0.25, 0.3) is 5.89 Å². The zero-order valence-electron chi connectivity index (χ0n) is 11.5. The Morgan fingerprint density at radius 1 is 1.52 bits per heavy atom. The van der Waals surface area contributed by atoms with E-state index in [0.29, 0.717) is 37.2 Å². The van der Waals surface area contributed by atoms with Gasteiger partial charge in [0, 0.05) is 13.1 Å². The summed E-state index contributed by atoms with van der Waals surface area (Å²) >= 11 is 0. The molecule has 0 aromatic carbocycles. The van der Waals surface area contributed by atoms with Gasteiger partial charge in [-0.05, 0) is 19.1 Å². The van der Waals surface area contributed by atoms with Crippen molar-refractivity contribution in [1.82, 2.24) is 15.1 Å². The molecule has 0 amide bonds. The van der Waals surface area contributed by atoms with Gasteiger partial charge in [-0.1, -0.05) is 0 Å². The van der Waals surface area contributed by atoms with E-state index in [-0.39, 0.29) is 6.61 Å². The van der Waals surface area contributed by atoms with Gasteiger partial charge in [-0.2, -0.15) is 0 Å². The molecule has 21 heavy (non-hydrogen) atoms. The van der Waals surface area contributed by atoms with E-state index in [0.717, 1.165) is 0 Å². The van der Waals surface area contributed by atoms with Gasteiger partial charge in [-0.3, -0.25) is 4.90 Å². The van der Waals surface area contributed by atoms with Gasteiger partial charge in [0.15, 0.2) is 5.76 Å². The standard InChI is InChI=1S/C13H15N3O5/c1-13(20-6-11(17)18)7-16(8-13)5-10-14-15-12(21-10)9-3-2-4-19-9/h2-4H,5-8H2,1H3,(H,17,18). The minimum atomic E-state index is -0.963. The van der Waals surface area contributed by atoms with Crippen LogP contribution in [0, 0.1) is 0 Å². The Kier molecular flexibility index (Phi) is 3.48. The average molecular weight is 293 g/mol. The van der Waals surface area contributed by atoms with Gasteiger partial charge in [-0.15, -0.1) is 10.2 Å². The summed E-state index contributed by atoms with van der Waals surface area (Å²) in [5, 5.41) is 16.5. The number of carboxylic acids is 1. The zero-order chi connectivity index (χ0) is 14.9. The van der Waals surface area contributed by atoms with Crippen LogP contribution in [-0.4, -0.2) is 51.5 Å². The fourth-order valence-electron chi connectivity index (χ4n) is 2.35. The Labute approximate surface area is 120 Å². The second kappa shape index (κ2) is 5.30. The smallest absolute Gasteiger partial charge is 0.329 e. The van der Waals surface area contributed by atoms with Crippen molar-refractivity contribution < 1.29 is 23.5 Å². The van der Waals surface area contributed by atoms with Crippen LogP contribution in [0.15, 0.2) is 27.2 Å². The fourth-order valence-corrected chi connectivity index (χ4v) is 2.35. The van der Waals surface area contributed by atoms with Crippen molar-refractivity contribution in [3.63, 3.8) is 0 Å². The van der Waals surface area contributed by atoms with E-state index in [9.17, 15) is 4.79 Å². The normalized spacial score (nSPS) is 17.6. The van der Waals surface area contributed by atoms with Crippen LogP contribution in [0.25, 0.3) is 11.7 Å². The molecule has 1 aliphatic heterocycles. The maximum Gasteiger partial charge on any atom is 0.329 e. The summed E-state index contributed by atoms with van der Waals surface area (Å²) in [7, 11) is 0. The molecule has 0 atom stereocenters. The average Bonchev–Trinajstić information content (AvgIpc) is 3.04. The first kappa shape index (κ1) is 13.8. The number of carboxylic acid groups (broad SMARTS) is 1. The molecule has 1 N–H and O–H groups in total. The largest absolute Gasteiger partial charge is 0.480 e. The minimum Gasteiger partial charge on any atom is -0.480 e. The topological polar surface area (TPSA) is 102 Å². The molecule has 1 aliphatic rings. The summed E-state index contributed by atoms with van der Waals surface area (Å²) in [4.78, 5) is 12.5. The van der Waals surface area contributed by atoms with Crippen molar-refractivity contribution in [3.05, 3.63) is 24.3 Å². The molecular formula is C13H15N3O5. The highest BCUT2D eigenvalue weighted by atomic mass is 16.5. The van der Waals surface area contributed by atoms with Crippen LogP contribution in [0.2, 0.25) is 0 Å². The predicted octanol–water partition coefficient (Wildman–Crippen LogP) is 1.01. The molecule has 3 rings (SSSR count). The maximum absolute atomic E-state index is 10.5. The molecule has 0 saturated carbocycles. The second-order valence-electron chi connectivity index (χ2n) is 5.26. The van der Waals surface area contributed by atoms with Gasteiger partial charge in [-0.25, -0.2) is 4.79 Å². The van der Waals surface area contributed by atoms with Crippen molar-refractivity contribution in [2.24, 2.45) is 0 Å². The Hall–Kier alpha value is -2.19. The lowest BCUT2D eigenvalue weighted by Crippen LogP contribution is -2.61. The Morgan fingerprint density at radius 3 is 3.00 bits per heavy atom. The molecule has 0 bridgehead atoms. The summed E-state index contributed by atoms with van der Waals surface area (Å²) in [5.41, 5.74) is -0.428. The van der Waals surface area contributed by atoms with E-state index in [1.54, 1.807) is 18.4 Å². The highest BCUT2D eigenvalue weighted by Gasteiger charge is 2.40. The molecule has 0 spiro atoms. The second-order valence-corrected chi connectivity index (χ2v) is 5.26. The van der Waals surface area contributed by atoms with Crippen LogP contribution in [0.4, 0.5) is 0 Å². The van der Waals surface area contributed by atoms with Crippen LogP contribution < -0.4 is 0 Å². The van der Waals surface area contributed by atoms with Crippen molar-refractivity contribution in [2.75, 3.05) is 19.7 Å². The molecule has 112 valence electrons. The first-order valence-electron chi connectivity index (χ1n) is 6.48. The number of rotatable bonds is 6. The van der Waals surface area contributed by atoms with Crippen molar-refractivity contribution >= 4 is 5.97 Å². The third-order valence-corrected chi connectivity index (χ3v) is 3.22. The van der Waals surface area contributed by atoms with Gasteiger partial charge >= 0.3 is 5.97 Å². The summed E-state index contributed by atoms with van der Waals surface area (Å²) in [5.74, 6) is 0.406. The molecule has 2 aromatic heterocycles. The van der Waals surface area contributed by atoms with Gasteiger partial charge < -0.3 is 18.7 Å². The monoisotopic (exact) mass is 293 g/mol. The highest BCUT2D eigenvalue weighted by molar-refractivity contribution is 5.68. The quantitative estimate of drug-likeness (QED) is 0.841. The SMILES string of the molecule is CC1(OCC(=O)O)CN(Cc2nnc(-c3ccco3)o2)C1. The lowest BCUT2D eigenvalue weighted by molar-refractivity contribution is -0.166. The highest BCUT2D eigenvalue weighted by Crippen LogP contribution is 2.26. The van der Waals surface area contributed by atoms with E-state index < -0.39 is 11.6 Å². The molecule has 0 radical (unpaired) electrons. The van der Waals surface area contributed by atoms with Crippen molar-refractivity contribution in [2.45, 2.75) is 19.1 Å². The molecule has 8 heteroatoms. The molecule has 8 nitrogen and oxygen atoms in total. The van der Waals surface area contributed by atoms with Crippen molar-refractivity contribution in [3.8, 4) is 11.7 Å². The van der Waals surface area contributed by atoms with Gasteiger partial charge in [0.2, 0.25) is 5.89 Å². The third kappa shape index (κ3) is 3.11. The molecule has 1 saturated heterocycles. The zero-order valence-corrected chi connectivity index (χ0v) is 11.5. The molecular weight excluding hydrogens is 278 g/mol. The summed E-state index contributed by atoms with van der Waals surface area (Å²) in [6.07, 6.45) is 1.54. The van der Waals surface area contributed by atoms with Crippen LogP contribution >= 0.6 is 0 Å². The van der Waals surface area contributed by atoms with Gasteiger partial charge in [0.1, 0.15) is 6.61 Å². The molecule has 3 heterocycles. The van der Waals surface area contributed by atoms with Gasteiger partial charge in [0.05, 0.1) is 18.4 Å². The first-order chi connectivity index (χ1) is 10.0. The third-order valence-electron chi connectivity index (χ3n) is 3.22. The maximum atomic E-state index is 10.5. The van der Waals surface area contributed by atoms with E-state index in [1.807, 2.05) is 11.8 Å². The summed E-state index contributed by atoms with van der Waals surface area (Å²) in [6.45, 7) is 3.35. The van der Waals surface area contributed by atoms with E-state index in [4.69, 9.17) is 18.7 Å². The van der Waals surface area contributed by atoms with E-state index in [2.05, 4.69) is 10.2 Å². The number of carbonyl (C=O) groups is 1. The number of likely N-dealkylation sites (tertiary alicyclic amines) is 1. The number of aliphatic carboxylic acids is 1. The lowest BCUT2D eigenvalue weighted by Gasteiger charge is -2.46. The number of aromatic nitrogens is 2.